The zero-order valence-electron chi connectivity index (χ0n) is 16.1. The summed E-state index contributed by atoms with van der Waals surface area (Å²) in [5.41, 5.74) is 2.88. The van der Waals surface area contributed by atoms with Crippen molar-refractivity contribution in [1.29, 1.82) is 0 Å². The zero-order chi connectivity index (χ0) is 20.5. The number of carbonyl (C=O) groups is 2. The summed E-state index contributed by atoms with van der Waals surface area (Å²) >= 11 is 0. The van der Waals surface area contributed by atoms with Crippen molar-refractivity contribution in [2.24, 2.45) is 0 Å². The number of amides is 3. The summed E-state index contributed by atoms with van der Waals surface area (Å²) in [5.74, 6) is 0.431. The molecule has 0 saturated carbocycles. The van der Waals surface area contributed by atoms with E-state index in [1.54, 1.807) is 36.4 Å². The molecule has 0 aliphatic rings. The van der Waals surface area contributed by atoms with Crippen LogP contribution in [0.2, 0.25) is 0 Å². The molecule has 0 aliphatic carbocycles. The summed E-state index contributed by atoms with van der Waals surface area (Å²) in [6.07, 6.45) is 0.830. The molecule has 29 heavy (non-hydrogen) atoms. The highest BCUT2D eigenvalue weighted by Crippen LogP contribution is 2.19. The van der Waals surface area contributed by atoms with Crippen molar-refractivity contribution < 1.29 is 14.3 Å². The zero-order valence-corrected chi connectivity index (χ0v) is 16.1. The first-order chi connectivity index (χ1) is 14.1. The molecule has 0 unspecified atom stereocenters. The molecule has 6 heteroatoms. The van der Waals surface area contributed by atoms with E-state index in [0.717, 1.165) is 12.0 Å². The fourth-order valence-corrected chi connectivity index (χ4v) is 2.77. The van der Waals surface area contributed by atoms with Crippen molar-refractivity contribution in [3.63, 3.8) is 0 Å². The number of hydrogen-bond acceptors (Lipinski definition) is 3. The van der Waals surface area contributed by atoms with E-state index in [0.29, 0.717) is 22.8 Å². The van der Waals surface area contributed by atoms with Crippen molar-refractivity contribution in [2.45, 2.75) is 13.3 Å². The Morgan fingerprint density at radius 2 is 1.38 bits per heavy atom. The van der Waals surface area contributed by atoms with Gasteiger partial charge in [0, 0.05) is 17.1 Å². The van der Waals surface area contributed by atoms with E-state index in [1.165, 1.54) is 0 Å². The summed E-state index contributed by atoms with van der Waals surface area (Å²) in [6, 6.07) is 23.4. The average Bonchev–Trinajstić information content (AvgIpc) is 2.73. The molecule has 0 fully saturated rings. The van der Waals surface area contributed by atoms with Crippen molar-refractivity contribution >= 4 is 29.0 Å². The van der Waals surface area contributed by atoms with Crippen molar-refractivity contribution in [2.75, 3.05) is 22.6 Å². The smallest absolute Gasteiger partial charge is 0.323 e. The fourth-order valence-electron chi connectivity index (χ4n) is 2.77. The lowest BCUT2D eigenvalue weighted by molar-refractivity contribution is -0.118. The van der Waals surface area contributed by atoms with Crippen LogP contribution in [0.5, 0.6) is 5.75 Å². The van der Waals surface area contributed by atoms with Crippen LogP contribution in [-0.4, -0.2) is 18.5 Å². The van der Waals surface area contributed by atoms with Crippen LogP contribution < -0.4 is 20.7 Å². The molecule has 0 atom stereocenters. The van der Waals surface area contributed by atoms with Gasteiger partial charge < -0.3 is 20.7 Å². The molecule has 3 aromatic rings. The van der Waals surface area contributed by atoms with Gasteiger partial charge in [-0.15, -0.1) is 0 Å². The summed E-state index contributed by atoms with van der Waals surface area (Å²) < 4.78 is 5.63. The third kappa shape index (κ3) is 6.10. The third-order valence-corrected chi connectivity index (χ3v) is 4.15. The first-order valence-electron chi connectivity index (χ1n) is 9.37. The summed E-state index contributed by atoms with van der Waals surface area (Å²) in [4.78, 5) is 24.3. The standard InChI is InChI=1S/C23H23N3O3/c1-2-17-9-6-7-14-21(17)29-16-22(27)24-19-12-8-13-20(15-19)26-23(28)25-18-10-4-3-5-11-18/h3-15H,2,16H2,1H3,(H,24,27)(H2,25,26,28). The number of ether oxygens (including phenoxy) is 1. The van der Waals surface area contributed by atoms with Gasteiger partial charge in [-0.05, 0) is 48.4 Å². The monoisotopic (exact) mass is 389 g/mol. The molecule has 3 N–H and O–H groups in total. The van der Waals surface area contributed by atoms with Crippen molar-refractivity contribution in [3.05, 3.63) is 84.4 Å². The molecule has 0 spiro atoms. The normalized spacial score (nSPS) is 10.1. The molecule has 0 aromatic heterocycles. The minimum atomic E-state index is -0.362. The summed E-state index contributed by atoms with van der Waals surface area (Å²) in [6.45, 7) is 1.94. The molecule has 0 saturated heterocycles. The van der Waals surface area contributed by atoms with E-state index in [2.05, 4.69) is 16.0 Å². The first-order valence-corrected chi connectivity index (χ1v) is 9.37. The van der Waals surface area contributed by atoms with Gasteiger partial charge in [0.05, 0.1) is 0 Å². The summed E-state index contributed by atoms with van der Waals surface area (Å²) in [7, 11) is 0. The average molecular weight is 389 g/mol. The largest absolute Gasteiger partial charge is 0.483 e. The first kappa shape index (κ1) is 19.9. The van der Waals surface area contributed by atoms with Gasteiger partial charge in [0.25, 0.3) is 5.91 Å². The molecule has 0 bridgehead atoms. The molecule has 148 valence electrons. The van der Waals surface area contributed by atoms with Crippen LogP contribution >= 0.6 is 0 Å². The van der Waals surface area contributed by atoms with E-state index in [1.807, 2.05) is 49.4 Å². The topological polar surface area (TPSA) is 79.5 Å². The second-order valence-corrected chi connectivity index (χ2v) is 6.32. The van der Waals surface area contributed by atoms with Crippen LogP contribution in [-0.2, 0) is 11.2 Å². The van der Waals surface area contributed by atoms with Gasteiger partial charge in [-0.2, -0.15) is 0 Å². The highest BCUT2D eigenvalue weighted by Gasteiger charge is 2.08. The highest BCUT2D eigenvalue weighted by molar-refractivity contribution is 6.00. The molecule has 0 radical (unpaired) electrons. The highest BCUT2D eigenvalue weighted by atomic mass is 16.5. The van der Waals surface area contributed by atoms with Crippen LogP contribution in [0.3, 0.4) is 0 Å². The molecule has 3 aromatic carbocycles. The van der Waals surface area contributed by atoms with Crippen LogP contribution in [0.1, 0.15) is 12.5 Å². The Bertz CT molecular complexity index is 974. The van der Waals surface area contributed by atoms with E-state index < -0.39 is 0 Å². The number of hydrogen-bond donors (Lipinski definition) is 3. The van der Waals surface area contributed by atoms with Crippen LogP contribution in [0, 0.1) is 0 Å². The molecular weight excluding hydrogens is 366 g/mol. The summed E-state index contributed by atoms with van der Waals surface area (Å²) in [5, 5.41) is 8.26. The SMILES string of the molecule is CCc1ccccc1OCC(=O)Nc1cccc(NC(=O)Nc2ccccc2)c1. The molecular formula is C23H23N3O3. The van der Waals surface area contributed by atoms with Gasteiger partial charge in [0.2, 0.25) is 0 Å². The predicted octanol–water partition coefficient (Wildman–Crippen LogP) is 4.91. The van der Waals surface area contributed by atoms with Crippen LogP contribution in [0.15, 0.2) is 78.9 Å². The quantitative estimate of drug-likeness (QED) is 0.537. The molecule has 3 rings (SSSR count). The number of anilines is 3. The van der Waals surface area contributed by atoms with Crippen LogP contribution in [0.25, 0.3) is 0 Å². The minimum Gasteiger partial charge on any atom is -0.483 e. The number of aryl methyl sites for hydroxylation is 1. The molecule has 0 heterocycles. The Balaban J connectivity index is 1.53. The fraction of sp³-hybridized carbons (Fsp3) is 0.130. The van der Waals surface area contributed by atoms with E-state index >= 15 is 0 Å². The lowest BCUT2D eigenvalue weighted by Gasteiger charge is -2.12. The van der Waals surface area contributed by atoms with E-state index in [9.17, 15) is 9.59 Å². The minimum absolute atomic E-state index is 0.0941. The number of rotatable bonds is 7. The number of benzene rings is 3. The molecule has 3 amide bonds. The number of nitrogens with one attached hydrogen (secondary N) is 3. The number of carbonyl (C=O) groups excluding carboxylic acids is 2. The van der Waals surface area contributed by atoms with Gasteiger partial charge in [0.1, 0.15) is 5.75 Å². The van der Waals surface area contributed by atoms with Gasteiger partial charge in [-0.1, -0.05) is 49.4 Å². The molecule has 0 aliphatic heterocycles. The number of para-hydroxylation sites is 2. The van der Waals surface area contributed by atoms with Gasteiger partial charge >= 0.3 is 6.03 Å². The Kier molecular flexibility index (Phi) is 6.84. The lowest BCUT2D eigenvalue weighted by atomic mass is 10.1. The van der Waals surface area contributed by atoms with Crippen molar-refractivity contribution in [3.8, 4) is 5.75 Å². The van der Waals surface area contributed by atoms with E-state index in [-0.39, 0.29) is 18.5 Å². The second kappa shape index (κ2) is 9.94. The van der Waals surface area contributed by atoms with E-state index in [4.69, 9.17) is 4.74 Å². The van der Waals surface area contributed by atoms with Gasteiger partial charge in [0.15, 0.2) is 6.61 Å². The van der Waals surface area contributed by atoms with Crippen LogP contribution in [0.4, 0.5) is 21.9 Å². The number of urea groups is 1. The predicted molar refractivity (Wildman–Crippen MR) is 115 cm³/mol. The lowest BCUT2D eigenvalue weighted by Crippen LogP contribution is -2.21. The maximum atomic E-state index is 12.2. The molecule has 6 nitrogen and oxygen atoms in total. The Hall–Kier alpha value is -3.80. The Morgan fingerprint density at radius 1 is 0.759 bits per heavy atom. The van der Waals surface area contributed by atoms with Gasteiger partial charge in [-0.25, -0.2) is 4.79 Å². The maximum Gasteiger partial charge on any atom is 0.323 e. The van der Waals surface area contributed by atoms with Gasteiger partial charge in [-0.3, -0.25) is 4.79 Å². The Morgan fingerprint density at radius 3 is 2.14 bits per heavy atom. The third-order valence-electron chi connectivity index (χ3n) is 4.15. The second-order valence-electron chi connectivity index (χ2n) is 6.32. The maximum absolute atomic E-state index is 12.2. The van der Waals surface area contributed by atoms with Crippen molar-refractivity contribution in [1.82, 2.24) is 0 Å². The Labute approximate surface area is 169 Å².